The highest BCUT2D eigenvalue weighted by Crippen LogP contribution is 2.36. The summed E-state index contributed by atoms with van der Waals surface area (Å²) in [5, 5.41) is 34.4. The van der Waals surface area contributed by atoms with Gasteiger partial charge in [0.2, 0.25) is 0 Å². The lowest BCUT2D eigenvalue weighted by atomic mass is 10.00. The normalized spacial score (nSPS) is 12.4. The van der Waals surface area contributed by atoms with Crippen LogP contribution in [0.5, 0.6) is 0 Å². The van der Waals surface area contributed by atoms with E-state index in [0.29, 0.717) is 31.6 Å². The first-order valence-electron chi connectivity index (χ1n) is 17.0. The SMILES string of the molecule is CCC1=C(C)c2cc3[nH]c(cc4nc(cc5[nH]c(cc1n2)c(C)c5CCC(=O)O)C(CCC(=O)O)=C4C)c(C)c3CC.NCCO.NCCO. The average Bonchev–Trinajstić information content (AvgIpc) is 3.75. The van der Waals surface area contributed by atoms with Crippen LogP contribution in [0.15, 0.2) is 24.3 Å². The van der Waals surface area contributed by atoms with E-state index in [4.69, 9.17) is 31.6 Å². The first-order valence-corrected chi connectivity index (χ1v) is 17.0. The van der Waals surface area contributed by atoms with Gasteiger partial charge in [0.15, 0.2) is 0 Å². The molecule has 2 aliphatic heterocycles. The molecule has 5 heterocycles. The predicted molar refractivity (Wildman–Crippen MR) is 200 cm³/mol. The van der Waals surface area contributed by atoms with Gasteiger partial charge in [-0.3, -0.25) is 9.59 Å². The second-order valence-corrected chi connectivity index (χ2v) is 12.2. The van der Waals surface area contributed by atoms with Gasteiger partial charge in [-0.25, -0.2) is 9.97 Å². The molecule has 10 N–H and O–H groups in total. The van der Waals surface area contributed by atoms with Gasteiger partial charge in [-0.05, 0) is 122 Å². The fourth-order valence-corrected chi connectivity index (χ4v) is 6.22. The smallest absolute Gasteiger partial charge is 0.303 e. The molecular formula is C38H52N6O6. The summed E-state index contributed by atoms with van der Waals surface area (Å²) >= 11 is 0. The van der Waals surface area contributed by atoms with Crippen molar-refractivity contribution in [2.45, 2.75) is 80.1 Å². The van der Waals surface area contributed by atoms with Crippen LogP contribution >= 0.6 is 0 Å². The van der Waals surface area contributed by atoms with Crippen LogP contribution in [0, 0.1) is 13.8 Å². The molecule has 270 valence electrons. The lowest BCUT2D eigenvalue weighted by Gasteiger charge is -2.03. The molecule has 0 aromatic carbocycles. The molecule has 2 aliphatic rings. The zero-order valence-corrected chi connectivity index (χ0v) is 30.0. The number of aromatic nitrogens is 4. The molecule has 0 aliphatic carbocycles. The largest absolute Gasteiger partial charge is 0.481 e. The summed E-state index contributed by atoms with van der Waals surface area (Å²) in [4.78, 5) is 40.3. The Bertz CT molecular complexity index is 1930. The molecule has 0 saturated carbocycles. The van der Waals surface area contributed by atoms with E-state index >= 15 is 0 Å². The summed E-state index contributed by atoms with van der Waals surface area (Å²) in [7, 11) is 0. The van der Waals surface area contributed by atoms with E-state index in [-0.39, 0.29) is 26.1 Å². The predicted octanol–water partition coefficient (Wildman–Crippen LogP) is 5.52. The molecule has 50 heavy (non-hydrogen) atoms. The number of carbonyl (C=O) groups is 2. The van der Waals surface area contributed by atoms with E-state index in [1.165, 1.54) is 11.1 Å². The Kier molecular flexibility index (Phi) is 14.6. The highest BCUT2D eigenvalue weighted by Gasteiger charge is 2.21. The van der Waals surface area contributed by atoms with Crippen molar-refractivity contribution in [3.63, 3.8) is 0 Å². The van der Waals surface area contributed by atoms with Gasteiger partial charge in [-0.2, -0.15) is 0 Å². The zero-order valence-electron chi connectivity index (χ0n) is 30.0. The Balaban J connectivity index is 0.000000764. The van der Waals surface area contributed by atoms with Crippen molar-refractivity contribution in [2.24, 2.45) is 11.5 Å². The number of hydrogen-bond donors (Lipinski definition) is 8. The van der Waals surface area contributed by atoms with E-state index in [2.05, 4.69) is 49.8 Å². The number of nitrogens with two attached hydrogens (primary N) is 2. The summed E-state index contributed by atoms with van der Waals surface area (Å²) in [6.45, 7) is 13.5. The number of carboxylic acid groups (broad SMARTS) is 2. The number of aryl methyl sites for hydroxylation is 4. The van der Waals surface area contributed by atoms with Crippen LogP contribution in [-0.4, -0.2) is 78.6 Å². The average molecular weight is 689 g/mol. The third-order valence-electron chi connectivity index (χ3n) is 8.94. The Labute approximate surface area is 293 Å². The molecule has 0 fully saturated rings. The van der Waals surface area contributed by atoms with Crippen molar-refractivity contribution in [2.75, 3.05) is 26.3 Å². The minimum Gasteiger partial charge on any atom is -0.481 e. The number of hydrogen-bond acceptors (Lipinski definition) is 8. The van der Waals surface area contributed by atoms with Gasteiger partial charge in [0.05, 0.1) is 36.0 Å². The van der Waals surface area contributed by atoms with Crippen molar-refractivity contribution >= 4 is 56.3 Å². The van der Waals surface area contributed by atoms with Crippen molar-refractivity contribution in [3.05, 3.63) is 69.3 Å². The van der Waals surface area contributed by atoms with Gasteiger partial charge in [-0.15, -0.1) is 0 Å². The van der Waals surface area contributed by atoms with Crippen LogP contribution in [0.25, 0.3) is 44.4 Å². The maximum Gasteiger partial charge on any atom is 0.303 e. The topological polar surface area (TPSA) is 224 Å². The second-order valence-electron chi connectivity index (χ2n) is 12.2. The first kappa shape index (κ1) is 39.8. The maximum absolute atomic E-state index is 11.5. The number of rotatable bonds is 10. The van der Waals surface area contributed by atoms with Crippen LogP contribution in [0.2, 0.25) is 0 Å². The summed E-state index contributed by atoms with van der Waals surface area (Å²) in [5.41, 5.74) is 24.9. The molecule has 0 spiro atoms. The molecule has 3 aromatic heterocycles. The highest BCUT2D eigenvalue weighted by atomic mass is 16.4. The number of aliphatic hydroxyl groups excluding tert-OH is 2. The molecule has 8 bridgehead atoms. The van der Waals surface area contributed by atoms with Crippen LogP contribution < -0.4 is 11.5 Å². The summed E-state index contributed by atoms with van der Waals surface area (Å²) in [5.74, 6) is -1.72. The molecule has 0 unspecified atom stereocenters. The molecule has 12 heteroatoms. The van der Waals surface area contributed by atoms with E-state index < -0.39 is 11.9 Å². The van der Waals surface area contributed by atoms with Crippen LogP contribution in [0.1, 0.15) is 98.4 Å². The standard InChI is InChI=1S/C34H38N4O4.2C2H7NO/c1-7-21-17(3)25-13-26-19(5)23(9-11-33(39)40)31(37-26)16-32-24(10-12-34(41)42)20(6)28(38-32)15-30-22(8-2)18(4)27(36-30)14-29(21)35-25;2*3-1-2-4/h13-16,35,38H,7-12H2,1-6H3,(H,39,40)(H,41,42);2*4H,1-3H2. The Morgan fingerprint density at radius 2 is 1.02 bits per heavy atom. The van der Waals surface area contributed by atoms with Gasteiger partial charge in [0.25, 0.3) is 0 Å². The summed E-state index contributed by atoms with van der Waals surface area (Å²) < 4.78 is 0. The third-order valence-corrected chi connectivity index (χ3v) is 8.94. The van der Waals surface area contributed by atoms with Gasteiger partial charge >= 0.3 is 11.9 Å². The number of nitrogens with zero attached hydrogens (tertiary/aromatic N) is 2. The van der Waals surface area contributed by atoms with Crippen molar-refractivity contribution < 1.29 is 30.0 Å². The molecular weight excluding hydrogens is 636 g/mol. The lowest BCUT2D eigenvalue weighted by Crippen LogP contribution is -2.02. The van der Waals surface area contributed by atoms with Gasteiger partial charge in [0.1, 0.15) is 0 Å². The molecule has 0 atom stereocenters. The van der Waals surface area contributed by atoms with E-state index in [1.807, 2.05) is 26.0 Å². The first-order chi connectivity index (χ1) is 23.8. The fourth-order valence-electron chi connectivity index (χ4n) is 6.22. The number of aromatic amines is 2. The maximum atomic E-state index is 11.5. The molecule has 0 saturated heterocycles. The van der Waals surface area contributed by atoms with Crippen molar-refractivity contribution in [1.82, 2.24) is 19.9 Å². The molecule has 0 amide bonds. The monoisotopic (exact) mass is 688 g/mol. The number of nitrogens with one attached hydrogen (secondary N) is 2. The summed E-state index contributed by atoms with van der Waals surface area (Å²) in [6.07, 6.45) is 2.39. The number of fused-ring (bicyclic) bond motifs is 8. The molecule has 3 aromatic rings. The molecule has 12 nitrogen and oxygen atoms in total. The molecule has 5 rings (SSSR count). The minimum absolute atomic E-state index is 0.00162. The van der Waals surface area contributed by atoms with Crippen LogP contribution in [0.4, 0.5) is 0 Å². The number of allylic oxidation sites excluding steroid dienone is 4. The second kappa shape index (κ2) is 18.4. The highest BCUT2D eigenvalue weighted by molar-refractivity contribution is 5.95. The van der Waals surface area contributed by atoms with Gasteiger partial charge in [-0.1, -0.05) is 13.8 Å². The molecule has 0 radical (unpaired) electrons. The van der Waals surface area contributed by atoms with Crippen molar-refractivity contribution in [1.29, 1.82) is 0 Å². The van der Waals surface area contributed by atoms with Crippen LogP contribution in [0.3, 0.4) is 0 Å². The van der Waals surface area contributed by atoms with E-state index in [9.17, 15) is 19.8 Å². The summed E-state index contributed by atoms with van der Waals surface area (Å²) in [6, 6.07) is 8.19. The zero-order chi connectivity index (χ0) is 37.1. The number of aliphatic carboxylic acids is 2. The number of H-pyrrole nitrogens is 2. The minimum atomic E-state index is -0.864. The Morgan fingerprint density at radius 1 is 0.620 bits per heavy atom. The van der Waals surface area contributed by atoms with E-state index in [1.54, 1.807) is 0 Å². The Morgan fingerprint density at radius 3 is 1.50 bits per heavy atom. The van der Waals surface area contributed by atoms with Gasteiger partial charge in [0, 0.05) is 48.0 Å². The fraction of sp³-hybridized carbons (Fsp3) is 0.421. The third kappa shape index (κ3) is 9.33. The number of carboxylic acids is 2. The number of aliphatic hydroxyl groups is 2. The van der Waals surface area contributed by atoms with Gasteiger partial charge < -0.3 is 41.9 Å². The lowest BCUT2D eigenvalue weighted by molar-refractivity contribution is -0.137. The quantitative estimate of drug-likeness (QED) is 0.133. The van der Waals surface area contributed by atoms with Crippen molar-refractivity contribution in [3.8, 4) is 0 Å². The Hall–Kier alpha value is -4.62. The van der Waals surface area contributed by atoms with Crippen LogP contribution in [-0.2, 0) is 22.4 Å². The van der Waals surface area contributed by atoms with E-state index in [0.717, 1.165) is 85.4 Å².